The number of H-pyrrole nitrogens is 2. The number of thiophene rings is 1. The van der Waals surface area contributed by atoms with Crippen LogP contribution in [-0.2, 0) is 26.2 Å². The van der Waals surface area contributed by atoms with Crippen LogP contribution in [-0.4, -0.2) is 72.6 Å². The number of amides is 2. The number of imidazole rings is 2. The van der Waals surface area contributed by atoms with Gasteiger partial charge in [0.05, 0.1) is 18.7 Å². The number of benzene rings is 1. The van der Waals surface area contributed by atoms with Gasteiger partial charge in [-0.2, -0.15) is 0 Å². The first-order valence-electron chi connectivity index (χ1n) is 14.1. The third kappa shape index (κ3) is 6.42. The Hall–Kier alpha value is -3.80. The molecule has 2 fully saturated rings. The minimum Gasteiger partial charge on any atom is -0.366 e. The molecule has 11 heteroatoms. The smallest absolute Gasteiger partial charge is 0.254 e. The zero-order valence-corrected chi connectivity index (χ0v) is 23.9. The number of nitrogens with zero attached hydrogens (tertiary/aromatic N) is 5. The molecule has 5 heterocycles. The molecule has 1 spiro atoms. The number of piperidine rings is 1. The lowest BCUT2D eigenvalue weighted by molar-refractivity contribution is 0.0721. The Morgan fingerprint density at radius 2 is 1.54 bits per heavy atom. The van der Waals surface area contributed by atoms with E-state index in [1.807, 2.05) is 23.6 Å². The van der Waals surface area contributed by atoms with Crippen LogP contribution in [0, 0.1) is 5.41 Å². The van der Waals surface area contributed by atoms with Crippen LogP contribution in [0.1, 0.15) is 62.1 Å². The first kappa shape index (κ1) is 27.4. The summed E-state index contributed by atoms with van der Waals surface area (Å²) in [6.07, 6.45) is 10.5. The average molecular weight is 573 g/mol. The Bertz CT molecular complexity index is 1400. The van der Waals surface area contributed by atoms with Gasteiger partial charge in [-0.05, 0) is 73.5 Å². The number of aromatic nitrogens is 4. The summed E-state index contributed by atoms with van der Waals surface area (Å²) in [5.74, 6) is 1.08. The summed E-state index contributed by atoms with van der Waals surface area (Å²) in [7, 11) is 0. The second-order valence-corrected chi connectivity index (χ2v) is 12.3. The topological polar surface area (TPSA) is 127 Å². The lowest BCUT2D eigenvalue weighted by Crippen LogP contribution is -2.41. The highest BCUT2D eigenvalue weighted by molar-refractivity contribution is 7.10. The molecule has 0 unspecified atom stereocenters. The number of rotatable bonds is 10. The van der Waals surface area contributed by atoms with E-state index in [-0.39, 0.29) is 11.8 Å². The summed E-state index contributed by atoms with van der Waals surface area (Å²) in [5, 5.41) is 1.95. The summed E-state index contributed by atoms with van der Waals surface area (Å²) >= 11 is 1.62. The predicted molar refractivity (Wildman–Crippen MR) is 157 cm³/mol. The molecule has 2 saturated heterocycles. The number of carbonyl (C=O) groups is 2. The minimum absolute atomic E-state index is 0.0540. The molecule has 0 atom stereocenters. The third-order valence-electron chi connectivity index (χ3n) is 8.50. The van der Waals surface area contributed by atoms with Crippen LogP contribution in [0.25, 0.3) is 0 Å². The van der Waals surface area contributed by atoms with E-state index in [4.69, 9.17) is 5.73 Å². The number of primary amides is 1. The number of hydrogen-bond acceptors (Lipinski definition) is 7. The van der Waals surface area contributed by atoms with E-state index in [0.717, 1.165) is 55.8 Å². The van der Waals surface area contributed by atoms with Gasteiger partial charge in [-0.1, -0.05) is 12.1 Å². The molecule has 3 aromatic heterocycles. The van der Waals surface area contributed by atoms with Crippen LogP contribution in [0.2, 0.25) is 0 Å². The SMILES string of the molecule is NC(=O)c1ccsc1CN1CCC2(CC1)CCN(Cc1ccc(C(=O)N(Cc3ncc[nH]3)Cc3ncc[nH]3)cc1)C2. The lowest BCUT2D eigenvalue weighted by Gasteiger charge is -2.39. The number of aromatic amines is 2. The maximum Gasteiger partial charge on any atom is 0.254 e. The van der Waals surface area contributed by atoms with Crippen molar-refractivity contribution in [2.24, 2.45) is 11.1 Å². The van der Waals surface area contributed by atoms with Gasteiger partial charge in [0.25, 0.3) is 5.91 Å². The minimum atomic E-state index is -0.335. The lowest BCUT2D eigenvalue weighted by atomic mass is 9.78. The molecule has 4 aromatic rings. The molecule has 41 heavy (non-hydrogen) atoms. The van der Waals surface area contributed by atoms with Crippen molar-refractivity contribution in [1.29, 1.82) is 0 Å². The standard InChI is InChI=1S/C30H36N8O2S/c31-28(39)24-5-16-41-25(24)18-36-13-6-30(7-14-36)8-15-37(21-30)17-22-1-3-23(4-2-22)29(40)38(19-26-32-9-10-33-26)20-27-34-11-12-35-27/h1-5,9-12,16H,6-8,13-15,17-21H2,(H2,31,39)(H,32,33)(H,34,35). The van der Waals surface area contributed by atoms with Gasteiger partial charge in [0.1, 0.15) is 11.6 Å². The Morgan fingerprint density at radius 1 is 0.902 bits per heavy atom. The Kier molecular flexibility index (Phi) is 8.00. The van der Waals surface area contributed by atoms with E-state index in [1.165, 1.54) is 24.8 Å². The van der Waals surface area contributed by atoms with E-state index in [2.05, 4.69) is 41.9 Å². The highest BCUT2D eigenvalue weighted by Crippen LogP contribution is 2.41. The molecule has 0 radical (unpaired) electrons. The van der Waals surface area contributed by atoms with Gasteiger partial charge < -0.3 is 20.6 Å². The number of carbonyl (C=O) groups excluding carboxylic acids is 2. The van der Waals surface area contributed by atoms with Crippen molar-refractivity contribution >= 4 is 23.2 Å². The van der Waals surface area contributed by atoms with Crippen molar-refractivity contribution in [1.82, 2.24) is 34.6 Å². The van der Waals surface area contributed by atoms with Crippen molar-refractivity contribution < 1.29 is 9.59 Å². The quantitative estimate of drug-likeness (QED) is 0.266. The third-order valence-corrected chi connectivity index (χ3v) is 9.40. The number of hydrogen-bond donors (Lipinski definition) is 3. The molecule has 4 N–H and O–H groups in total. The van der Waals surface area contributed by atoms with Crippen LogP contribution in [0.5, 0.6) is 0 Å². The van der Waals surface area contributed by atoms with Crippen molar-refractivity contribution in [3.05, 3.63) is 93.7 Å². The van der Waals surface area contributed by atoms with Crippen molar-refractivity contribution in [3.8, 4) is 0 Å². The van der Waals surface area contributed by atoms with Gasteiger partial charge in [0.2, 0.25) is 5.91 Å². The highest BCUT2D eigenvalue weighted by atomic mass is 32.1. The normalized spacial score (nSPS) is 17.3. The van der Waals surface area contributed by atoms with Gasteiger partial charge in [-0.3, -0.25) is 19.4 Å². The summed E-state index contributed by atoms with van der Waals surface area (Å²) in [4.78, 5) is 47.7. The van der Waals surface area contributed by atoms with Crippen LogP contribution in [0.15, 0.2) is 60.5 Å². The van der Waals surface area contributed by atoms with Crippen molar-refractivity contribution in [3.63, 3.8) is 0 Å². The summed E-state index contributed by atoms with van der Waals surface area (Å²) in [6.45, 7) is 6.74. The maximum atomic E-state index is 13.4. The number of nitrogens with one attached hydrogen (secondary N) is 2. The molecular weight excluding hydrogens is 536 g/mol. The van der Waals surface area contributed by atoms with Crippen LogP contribution in [0.4, 0.5) is 0 Å². The Morgan fingerprint density at radius 3 is 2.12 bits per heavy atom. The highest BCUT2D eigenvalue weighted by Gasteiger charge is 2.40. The van der Waals surface area contributed by atoms with Crippen LogP contribution >= 0.6 is 11.3 Å². The number of nitrogens with two attached hydrogens (primary N) is 1. The summed E-state index contributed by atoms with van der Waals surface area (Å²) < 4.78 is 0. The molecule has 10 nitrogen and oxygen atoms in total. The Balaban J connectivity index is 1.03. The molecule has 1 aromatic carbocycles. The molecule has 0 aliphatic carbocycles. The fourth-order valence-electron chi connectivity index (χ4n) is 6.17. The van der Waals surface area contributed by atoms with E-state index in [0.29, 0.717) is 29.6 Å². The molecule has 0 bridgehead atoms. The van der Waals surface area contributed by atoms with Gasteiger partial charge in [-0.25, -0.2) is 9.97 Å². The first-order chi connectivity index (χ1) is 20.0. The zero-order valence-electron chi connectivity index (χ0n) is 23.1. The van der Waals surface area contributed by atoms with Crippen molar-refractivity contribution in [2.45, 2.75) is 45.4 Å². The zero-order chi connectivity index (χ0) is 28.2. The maximum absolute atomic E-state index is 13.4. The molecular formula is C30H36N8O2S. The monoisotopic (exact) mass is 572 g/mol. The molecule has 2 aliphatic heterocycles. The molecule has 0 saturated carbocycles. The fraction of sp³-hybridized carbons (Fsp3) is 0.400. The number of likely N-dealkylation sites (tertiary alicyclic amines) is 2. The van der Waals surface area contributed by atoms with Crippen molar-refractivity contribution in [2.75, 3.05) is 26.2 Å². The molecule has 214 valence electrons. The molecule has 6 rings (SSSR count). The van der Waals surface area contributed by atoms with E-state index >= 15 is 0 Å². The van der Waals surface area contributed by atoms with E-state index in [1.54, 1.807) is 41.0 Å². The largest absolute Gasteiger partial charge is 0.366 e. The second kappa shape index (κ2) is 12.0. The van der Waals surface area contributed by atoms with Gasteiger partial charge in [0.15, 0.2) is 0 Å². The second-order valence-electron chi connectivity index (χ2n) is 11.3. The van der Waals surface area contributed by atoms with Crippen LogP contribution < -0.4 is 5.73 Å². The van der Waals surface area contributed by atoms with E-state index < -0.39 is 0 Å². The average Bonchev–Trinajstić information content (AvgIpc) is 3.80. The predicted octanol–water partition coefficient (Wildman–Crippen LogP) is 3.62. The molecule has 2 amide bonds. The van der Waals surface area contributed by atoms with Gasteiger partial charge in [-0.15, -0.1) is 11.3 Å². The van der Waals surface area contributed by atoms with Crippen LogP contribution in [0.3, 0.4) is 0 Å². The fourth-order valence-corrected chi connectivity index (χ4v) is 7.09. The Labute approximate surface area is 243 Å². The van der Waals surface area contributed by atoms with Gasteiger partial charge >= 0.3 is 0 Å². The summed E-state index contributed by atoms with van der Waals surface area (Å²) in [6, 6.07) is 9.86. The van der Waals surface area contributed by atoms with E-state index in [9.17, 15) is 9.59 Å². The van der Waals surface area contributed by atoms with Gasteiger partial charge in [0, 0.05) is 54.9 Å². The molecule has 2 aliphatic rings. The first-order valence-corrected chi connectivity index (χ1v) is 15.0. The summed E-state index contributed by atoms with van der Waals surface area (Å²) in [5.41, 5.74) is 8.45.